The zero-order valence-corrected chi connectivity index (χ0v) is 17.1. The SMILES string of the molecule is CCn1c(CNC(=O)OC(C)(C)C)nc2cc(-c3ccc(OC)cc3)ccc21. The van der Waals surface area contributed by atoms with Crippen LogP contribution in [0.25, 0.3) is 22.2 Å². The monoisotopic (exact) mass is 381 g/mol. The number of ether oxygens (including phenoxy) is 2. The highest BCUT2D eigenvalue weighted by Crippen LogP contribution is 2.26. The van der Waals surface area contributed by atoms with Gasteiger partial charge in [-0.3, -0.25) is 0 Å². The molecule has 28 heavy (non-hydrogen) atoms. The minimum absolute atomic E-state index is 0.315. The van der Waals surface area contributed by atoms with Crippen molar-refractivity contribution >= 4 is 17.1 Å². The van der Waals surface area contributed by atoms with Crippen molar-refractivity contribution in [1.82, 2.24) is 14.9 Å². The largest absolute Gasteiger partial charge is 0.497 e. The molecular formula is C22H27N3O3. The van der Waals surface area contributed by atoms with E-state index >= 15 is 0 Å². The van der Waals surface area contributed by atoms with Gasteiger partial charge in [0.25, 0.3) is 0 Å². The summed E-state index contributed by atoms with van der Waals surface area (Å²) in [4.78, 5) is 16.7. The highest BCUT2D eigenvalue weighted by Gasteiger charge is 2.17. The Morgan fingerprint density at radius 3 is 2.39 bits per heavy atom. The van der Waals surface area contributed by atoms with Crippen molar-refractivity contribution < 1.29 is 14.3 Å². The number of hydrogen-bond acceptors (Lipinski definition) is 4. The van der Waals surface area contributed by atoms with Gasteiger partial charge in [0.1, 0.15) is 17.2 Å². The van der Waals surface area contributed by atoms with E-state index in [-0.39, 0.29) is 0 Å². The van der Waals surface area contributed by atoms with Crippen LogP contribution in [0.15, 0.2) is 42.5 Å². The number of hydrogen-bond donors (Lipinski definition) is 1. The molecule has 1 amide bonds. The van der Waals surface area contributed by atoms with Crippen molar-refractivity contribution in [1.29, 1.82) is 0 Å². The van der Waals surface area contributed by atoms with Crippen LogP contribution in [0, 0.1) is 0 Å². The molecule has 6 nitrogen and oxygen atoms in total. The van der Waals surface area contributed by atoms with Gasteiger partial charge in [-0.1, -0.05) is 18.2 Å². The normalized spacial score (nSPS) is 11.5. The number of nitrogens with one attached hydrogen (secondary N) is 1. The number of fused-ring (bicyclic) bond motifs is 1. The van der Waals surface area contributed by atoms with E-state index in [0.29, 0.717) is 6.54 Å². The second-order valence-electron chi connectivity index (χ2n) is 7.56. The lowest BCUT2D eigenvalue weighted by Gasteiger charge is -2.19. The first kappa shape index (κ1) is 19.7. The molecule has 0 saturated heterocycles. The topological polar surface area (TPSA) is 65.4 Å². The molecule has 0 bridgehead atoms. The van der Waals surface area contributed by atoms with Crippen molar-refractivity contribution in [2.24, 2.45) is 0 Å². The maximum atomic E-state index is 12.0. The van der Waals surface area contributed by atoms with Crippen LogP contribution in [-0.2, 0) is 17.8 Å². The lowest BCUT2D eigenvalue weighted by atomic mass is 10.1. The van der Waals surface area contributed by atoms with E-state index in [2.05, 4.69) is 35.0 Å². The standard InChI is InChI=1S/C22H27N3O3/c1-6-25-19-12-9-16(15-7-10-17(27-5)11-8-15)13-18(19)24-20(25)14-23-21(26)28-22(2,3)4/h7-13H,6,14H2,1-5H3,(H,23,26). The molecule has 0 fully saturated rings. The van der Waals surface area contributed by atoms with E-state index in [1.54, 1.807) is 7.11 Å². The van der Waals surface area contributed by atoms with Gasteiger partial charge in [0.2, 0.25) is 0 Å². The van der Waals surface area contributed by atoms with Crippen molar-refractivity contribution in [3.05, 3.63) is 48.3 Å². The van der Waals surface area contributed by atoms with Gasteiger partial charge in [-0.15, -0.1) is 0 Å². The molecule has 0 radical (unpaired) electrons. The van der Waals surface area contributed by atoms with Crippen LogP contribution in [0.3, 0.4) is 0 Å². The summed E-state index contributed by atoms with van der Waals surface area (Å²) in [6.07, 6.45) is -0.443. The van der Waals surface area contributed by atoms with Gasteiger partial charge in [-0.25, -0.2) is 9.78 Å². The minimum Gasteiger partial charge on any atom is -0.497 e. The molecular weight excluding hydrogens is 354 g/mol. The number of alkyl carbamates (subject to hydrolysis) is 1. The number of benzene rings is 2. The summed E-state index contributed by atoms with van der Waals surface area (Å²) in [5.41, 5.74) is 3.60. The lowest BCUT2D eigenvalue weighted by molar-refractivity contribution is 0.0521. The third kappa shape index (κ3) is 4.44. The van der Waals surface area contributed by atoms with Gasteiger partial charge in [0.15, 0.2) is 0 Å². The Labute approximate surface area is 165 Å². The van der Waals surface area contributed by atoms with E-state index in [4.69, 9.17) is 14.5 Å². The highest BCUT2D eigenvalue weighted by atomic mass is 16.6. The quantitative estimate of drug-likeness (QED) is 0.692. The Hall–Kier alpha value is -3.02. The molecule has 3 aromatic rings. The average Bonchev–Trinajstić information content (AvgIpc) is 3.01. The third-order valence-corrected chi connectivity index (χ3v) is 4.36. The van der Waals surface area contributed by atoms with Gasteiger partial charge in [0.05, 0.1) is 24.7 Å². The number of amides is 1. The summed E-state index contributed by atoms with van der Waals surface area (Å²) >= 11 is 0. The molecule has 0 spiro atoms. The predicted molar refractivity (Wildman–Crippen MR) is 110 cm³/mol. The first-order valence-electron chi connectivity index (χ1n) is 9.41. The van der Waals surface area contributed by atoms with Crippen LogP contribution >= 0.6 is 0 Å². The fraction of sp³-hybridized carbons (Fsp3) is 0.364. The van der Waals surface area contributed by atoms with Crippen molar-refractivity contribution in [3.63, 3.8) is 0 Å². The smallest absolute Gasteiger partial charge is 0.408 e. The number of methoxy groups -OCH3 is 1. The second kappa shape index (κ2) is 7.92. The number of nitrogens with zero attached hydrogens (tertiary/aromatic N) is 2. The van der Waals surface area contributed by atoms with Crippen molar-refractivity contribution in [2.75, 3.05) is 7.11 Å². The number of imidazole rings is 1. The zero-order chi connectivity index (χ0) is 20.3. The molecule has 0 aliphatic heterocycles. The van der Waals surface area contributed by atoms with Gasteiger partial charge >= 0.3 is 6.09 Å². The third-order valence-electron chi connectivity index (χ3n) is 4.36. The molecule has 148 valence electrons. The molecule has 0 atom stereocenters. The molecule has 0 unspecified atom stereocenters. The van der Waals surface area contributed by atoms with Crippen LogP contribution in [0.5, 0.6) is 5.75 Å². The van der Waals surface area contributed by atoms with E-state index < -0.39 is 11.7 Å². The fourth-order valence-corrected chi connectivity index (χ4v) is 3.10. The van der Waals surface area contributed by atoms with Gasteiger partial charge in [0, 0.05) is 6.54 Å². The van der Waals surface area contributed by atoms with E-state index in [1.165, 1.54) is 0 Å². The number of carbonyl (C=O) groups is 1. The lowest BCUT2D eigenvalue weighted by Crippen LogP contribution is -2.32. The summed E-state index contributed by atoms with van der Waals surface area (Å²) in [5.74, 6) is 1.63. The van der Waals surface area contributed by atoms with Crippen LogP contribution in [0.1, 0.15) is 33.5 Å². The Kier molecular flexibility index (Phi) is 5.58. The molecule has 0 saturated carbocycles. The average molecular weight is 381 g/mol. The Morgan fingerprint density at radius 2 is 1.79 bits per heavy atom. The van der Waals surface area contributed by atoms with Crippen molar-refractivity contribution in [2.45, 2.75) is 46.4 Å². The number of aromatic nitrogens is 2. The molecule has 2 aromatic carbocycles. The summed E-state index contributed by atoms with van der Waals surface area (Å²) in [7, 11) is 1.66. The predicted octanol–water partition coefficient (Wildman–Crippen LogP) is 4.76. The Bertz CT molecular complexity index is 969. The van der Waals surface area contributed by atoms with Gasteiger partial charge in [-0.2, -0.15) is 0 Å². The second-order valence-corrected chi connectivity index (χ2v) is 7.56. The van der Waals surface area contributed by atoms with Gasteiger partial charge in [-0.05, 0) is 63.1 Å². The molecule has 1 heterocycles. The number of aryl methyl sites for hydroxylation is 1. The molecule has 6 heteroatoms. The summed E-state index contributed by atoms with van der Waals surface area (Å²) in [6, 6.07) is 14.2. The summed E-state index contributed by atoms with van der Waals surface area (Å²) < 4.78 is 12.6. The molecule has 0 aliphatic rings. The number of rotatable bonds is 5. The molecule has 3 rings (SSSR count). The van der Waals surface area contributed by atoms with Gasteiger partial charge < -0.3 is 19.4 Å². The number of carbonyl (C=O) groups excluding carboxylic acids is 1. The van der Waals surface area contributed by atoms with E-state index in [9.17, 15) is 4.79 Å². The first-order valence-corrected chi connectivity index (χ1v) is 9.41. The Balaban J connectivity index is 1.85. The van der Waals surface area contributed by atoms with Crippen LogP contribution in [0.4, 0.5) is 4.79 Å². The van der Waals surface area contributed by atoms with E-state index in [0.717, 1.165) is 40.3 Å². The fourth-order valence-electron chi connectivity index (χ4n) is 3.10. The van der Waals surface area contributed by atoms with Crippen molar-refractivity contribution in [3.8, 4) is 16.9 Å². The van der Waals surface area contributed by atoms with Crippen LogP contribution in [0.2, 0.25) is 0 Å². The zero-order valence-electron chi connectivity index (χ0n) is 17.1. The summed E-state index contributed by atoms with van der Waals surface area (Å²) in [6.45, 7) is 8.67. The summed E-state index contributed by atoms with van der Waals surface area (Å²) in [5, 5.41) is 2.79. The minimum atomic E-state index is -0.526. The molecule has 0 aliphatic carbocycles. The maximum absolute atomic E-state index is 12.0. The maximum Gasteiger partial charge on any atom is 0.408 e. The molecule has 1 aromatic heterocycles. The highest BCUT2D eigenvalue weighted by molar-refractivity contribution is 5.83. The molecule has 1 N–H and O–H groups in total. The van der Waals surface area contributed by atoms with Crippen LogP contribution < -0.4 is 10.1 Å². The van der Waals surface area contributed by atoms with E-state index in [1.807, 2.05) is 45.0 Å². The van der Waals surface area contributed by atoms with Crippen LogP contribution in [-0.4, -0.2) is 28.4 Å². The first-order chi connectivity index (χ1) is 13.3. The Morgan fingerprint density at radius 1 is 1.11 bits per heavy atom.